The lowest BCUT2D eigenvalue weighted by atomic mass is 10.1. The second-order valence-corrected chi connectivity index (χ2v) is 4.43. The highest BCUT2D eigenvalue weighted by Gasteiger charge is 2.07. The van der Waals surface area contributed by atoms with Gasteiger partial charge in [0.05, 0.1) is 11.2 Å². The highest BCUT2D eigenvalue weighted by Crippen LogP contribution is 2.26. The third-order valence-electron chi connectivity index (χ3n) is 2.96. The van der Waals surface area contributed by atoms with Gasteiger partial charge in [0.25, 0.3) is 0 Å². The zero-order chi connectivity index (χ0) is 13.0. The Kier molecular flexibility index (Phi) is 3.99. The summed E-state index contributed by atoms with van der Waals surface area (Å²) in [4.78, 5) is 4.40. The van der Waals surface area contributed by atoms with Crippen LogP contribution in [-0.2, 0) is 4.74 Å². The van der Waals surface area contributed by atoms with Crippen LogP contribution in [0.4, 0.5) is 11.4 Å². The molecule has 1 aromatic carbocycles. The van der Waals surface area contributed by atoms with E-state index in [9.17, 15) is 0 Å². The Hall–Kier alpha value is -1.81. The SMILES string of the molecule is COCCC(C)Nc1ccc(N)c2cccnc12. The minimum absolute atomic E-state index is 0.332. The first-order valence-electron chi connectivity index (χ1n) is 6.11. The molecule has 3 N–H and O–H groups in total. The lowest BCUT2D eigenvalue weighted by molar-refractivity contribution is 0.191. The minimum atomic E-state index is 0.332. The summed E-state index contributed by atoms with van der Waals surface area (Å²) in [5.74, 6) is 0. The molecule has 0 spiro atoms. The van der Waals surface area contributed by atoms with Gasteiger partial charge in [0.1, 0.15) is 0 Å². The molecule has 2 rings (SSSR count). The number of ether oxygens (including phenoxy) is 1. The molecule has 1 heterocycles. The van der Waals surface area contributed by atoms with Crippen LogP contribution in [0.2, 0.25) is 0 Å². The van der Waals surface area contributed by atoms with E-state index in [0.717, 1.165) is 35.3 Å². The first-order valence-corrected chi connectivity index (χ1v) is 6.11. The van der Waals surface area contributed by atoms with Crippen molar-refractivity contribution in [3.8, 4) is 0 Å². The summed E-state index contributed by atoms with van der Waals surface area (Å²) in [5, 5.41) is 4.44. The number of pyridine rings is 1. The number of nitrogens with zero attached hydrogens (tertiary/aromatic N) is 1. The van der Waals surface area contributed by atoms with Crippen molar-refractivity contribution in [1.29, 1.82) is 0 Å². The van der Waals surface area contributed by atoms with Crippen molar-refractivity contribution < 1.29 is 4.74 Å². The summed E-state index contributed by atoms with van der Waals surface area (Å²) >= 11 is 0. The molecular formula is C14H19N3O. The number of methoxy groups -OCH3 is 1. The van der Waals surface area contributed by atoms with Crippen molar-refractivity contribution in [3.05, 3.63) is 30.5 Å². The average molecular weight is 245 g/mol. The van der Waals surface area contributed by atoms with Gasteiger partial charge in [-0.25, -0.2) is 0 Å². The average Bonchev–Trinajstić information content (AvgIpc) is 2.40. The van der Waals surface area contributed by atoms with Crippen LogP contribution < -0.4 is 11.1 Å². The predicted molar refractivity (Wildman–Crippen MR) is 75.7 cm³/mol. The number of rotatable bonds is 5. The van der Waals surface area contributed by atoms with Gasteiger partial charge < -0.3 is 15.8 Å². The number of fused-ring (bicyclic) bond motifs is 1. The van der Waals surface area contributed by atoms with Gasteiger partial charge in [-0.05, 0) is 37.6 Å². The zero-order valence-electron chi connectivity index (χ0n) is 10.8. The van der Waals surface area contributed by atoms with Crippen molar-refractivity contribution in [1.82, 2.24) is 4.98 Å². The Balaban J connectivity index is 2.26. The van der Waals surface area contributed by atoms with E-state index >= 15 is 0 Å². The molecule has 0 aliphatic rings. The van der Waals surface area contributed by atoms with Gasteiger partial charge in [-0.15, -0.1) is 0 Å². The summed E-state index contributed by atoms with van der Waals surface area (Å²) in [5.41, 5.74) is 8.64. The van der Waals surface area contributed by atoms with Crippen LogP contribution in [0.15, 0.2) is 30.5 Å². The van der Waals surface area contributed by atoms with Crippen molar-refractivity contribution in [3.63, 3.8) is 0 Å². The summed E-state index contributed by atoms with van der Waals surface area (Å²) in [7, 11) is 1.72. The monoisotopic (exact) mass is 245 g/mol. The highest BCUT2D eigenvalue weighted by molar-refractivity contribution is 5.98. The second-order valence-electron chi connectivity index (χ2n) is 4.43. The van der Waals surface area contributed by atoms with Crippen LogP contribution in [0.25, 0.3) is 10.9 Å². The number of benzene rings is 1. The number of anilines is 2. The molecule has 18 heavy (non-hydrogen) atoms. The fourth-order valence-corrected chi connectivity index (χ4v) is 1.94. The summed E-state index contributed by atoms with van der Waals surface area (Å²) in [6, 6.07) is 8.11. The van der Waals surface area contributed by atoms with Gasteiger partial charge in [0, 0.05) is 37.0 Å². The van der Waals surface area contributed by atoms with E-state index in [1.807, 2.05) is 24.3 Å². The van der Waals surface area contributed by atoms with Gasteiger partial charge >= 0.3 is 0 Å². The Labute approximate surface area is 107 Å². The van der Waals surface area contributed by atoms with E-state index < -0.39 is 0 Å². The fourth-order valence-electron chi connectivity index (χ4n) is 1.94. The normalized spacial score (nSPS) is 12.6. The van der Waals surface area contributed by atoms with Gasteiger partial charge in [0.15, 0.2) is 0 Å². The molecule has 0 fully saturated rings. The van der Waals surface area contributed by atoms with Gasteiger partial charge in [0.2, 0.25) is 0 Å². The first-order chi connectivity index (χ1) is 8.72. The summed E-state index contributed by atoms with van der Waals surface area (Å²) < 4.78 is 5.08. The molecule has 1 unspecified atom stereocenters. The largest absolute Gasteiger partial charge is 0.398 e. The van der Waals surface area contributed by atoms with Crippen LogP contribution >= 0.6 is 0 Å². The van der Waals surface area contributed by atoms with Crippen LogP contribution in [0.1, 0.15) is 13.3 Å². The van der Waals surface area contributed by atoms with Crippen molar-refractivity contribution >= 4 is 22.3 Å². The maximum atomic E-state index is 5.95. The van der Waals surface area contributed by atoms with E-state index in [2.05, 4.69) is 17.2 Å². The molecule has 0 saturated heterocycles. The molecule has 0 saturated carbocycles. The van der Waals surface area contributed by atoms with E-state index in [1.54, 1.807) is 13.3 Å². The maximum Gasteiger partial charge on any atom is 0.0953 e. The standard InChI is InChI=1S/C14H19N3O/c1-10(7-9-18-2)17-13-6-5-12(15)11-4-3-8-16-14(11)13/h3-6,8,10,17H,7,9,15H2,1-2H3. The number of nitrogens with two attached hydrogens (primary N) is 1. The lowest BCUT2D eigenvalue weighted by Gasteiger charge is -2.16. The summed E-state index contributed by atoms with van der Waals surface area (Å²) in [6.07, 6.45) is 2.74. The van der Waals surface area contributed by atoms with E-state index in [4.69, 9.17) is 10.5 Å². The first kappa shape index (κ1) is 12.6. The quantitative estimate of drug-likeness (QED) is 0.795. The zero-order valence-corrected chi connectivity index (χ0v) is 10.8. The Morgan fingerprint density at radius 1 is 1.39 bits per heavy atom. The van der Waals surface area contributed by atoms with Crippen LogP contribution in [0.5, 0.6) is 0 Å². The number of hydrogen-bond donors (Lipinski definition) is 2. The Morgan fingerprint density at radius 2 is 2.22 bits per heavy atom. The third-order valence-corrected chi connectivity index (χ3v) is 2.96. The molecule has 0 radical (unpaired) electrons. The molecule has 1 atom stereocenters. The van der Waals surface area contributed by atoms with E-state index in [1.165, 1.54) is 0 Å². The lowest BCUT2D eigenvalue weighted by Crippen LogP contribution is -2.17. The van der Waals surface area contributed by atoms with Crippen LogP contribution in [0.3, 0.4) is 0 Å². The minimum Gasteiger partial charge on any atom is -0.398 e. The maximum absolute atomic E-state index is 5.95. The fraction of sp³-hybridized carbons (Fsp3) is 0.357. The van der Waals surface area contributed by atoms with Gasteiger partial charge in [-0.1, -0.05) is 0 Å². The molecule has 2 aromatic rings. The van der Waals surface area contributed by atoms with Crippen molar-refractivity contribution in [2.75, 3.05) is 24.8 Å². The van der Waals surface area contributed by atoms with Crippen LogP contribution in [-0.4, -0.2) is 24.7 Å². The smallest absolute Gasteiger partial charge is 0.0953 e. The van der Waals surface area contributed by atoms with Crippen LogP contribution in [0, 0.1) is 0 Å². The number of nitrogen functional groups attached to an aromatic ring is 1. The predicted octanol–water partition coefficient (Wildman–Crippen LogP) is 2.65. The van der Waals surface area contributed by atoms with Gasteiger partial charge in [-0.3, -0.25) is 4.98 Å². The van der Waals surface area contributed by atoms with Crippen molar-refractivity contribution in [2.24, 2.45) is 0 Å². The second kappa shape index (κ2) is 5.69. The third kappa shape index (κ3) is 2.71. The Bertz CT molecular complexity index is 527. The molecule has 1 aromatic heterocycles. The summed E-state index contributed by atoms with van der Waals surface area (Å²) in [6.45, 7) is 2.87. The molecule has 0 aliphatic heterocycles. The highest BCUT2D eigenvalue weighted by atomic mass is 16.5. The molecular weight excluding hydrogens is 226 g/mol. The molecule has 4 nitrogen and oxygen atoms in total. The van der Waals surface area contributed by atoms with Gasteiger partial charge in [-0.2, -0.15) is 0 Å². The van der Waals surface area contributed by atoms with Crippen molar-refractivity contribution in [2.45, 2.75) is 19.4 Å². The molecule has 96 valence electrons. The van der Waals surface area contributed by atoms with E-state index in [0.29, 0.717) is 6.04 Å². The van der Waals surface area contributed by atoms with E-state index in [-0.39, 0.29) is 0 Å². The molecule has 0 amide bonds. The Morgan fingerprint density at radius 3 is 3.00 bits per heavy atom. The molecule has 0 aliphatic carbocycles. The molecule has 0 bridgehead atoms. The topological polar surface area (TPSA) is 60.2 Å². The number of aromatic nitrogens is 1. The molecule has 4 heteroatoms. The number of nitrogens with one attached hydrogen (secondary N) is 1. The number of hydrogen-bond acceptors (Lipinski definition) is 4.